The first-order chi connectivity index (χ1) is 10.1. The molecule has 0 bridgehead atoms. The fourth-order valence-electron chi connectivity index (χ4n) is 3.72. The molecule has 0 aromatic carbocycles. The summed E-state index contributed by atoms with van der Waals surface area (Å²) in [6.07, 6.45) is 10.9. The lowest BCUT2D eigenvalue weighted by Gasteiger charge is -2.34. The summed E-state index contributed by atoms with van der Waals surface area (Å²) >= 11 is 1.91. The fraction of sp³-hybridized carbons (Fsp3) is 0.875. The monoisotopic (exact) mass is 313 g/mol. The molecule has 1 amide bonds. The van der Waals surface area contributed by atoms with Crippen LogP contribution in [0.25, 0.3) is 0 Å². The molecule has 0 heterocycles. The number of amides is 1. The predicted octanol–water partition coefficient (Wildman–Crippen LogP) is 3.20. The number of aliphatic carboxylic acids is 1. The van der Waals surface area contributed by atoms with Crippen LogP contribution in [0.1, 0.15) is 64.2 Å². The van der Waals surface area contributed by atoms with Crippen molar-refractivity contribution in [2.45, 2.75) is 75.5 Å². The lowest BCUT2D eigenvalue weighted by Crippen LogP contribution is -2.43. The van der Waals surface area contributed by atoms with Crippen LogP contribution in [0.15, 0.2) is 0 Å². The molecule has 2 aliphatic rings. The van der Waals surface area contributed by atoms with Crippen molar-refractivity contribution in [3.8, 4) is 0 Å². The predicted molar refractivity (Wildman–Crippen MR) is 85.5 cm³/mol. The quantitative estimate of drug-likeness (QED) is 0.818. The topological polar surface area (TPSA) is 66.4 Å². The van der Waals surface area contributed by atoms with Crippen molar-refractivity contribution in [2.75, 3.05) is 6.26 Å². The molecule has 4 nitrogen and oxygen atoms in total. The van der Waals surface area contributed by atoms with Gasteiger partial charge in [-0.2, -0.15) is 11.8 Å². The second kappa shape index (κ2) is 7.52. The molecule has 21 heavy (non-hydrogen) atoms. The third-order valence-electron chi connectivity index (χ3n) is 5.14. The Hall–Kier alpha value is -0.710. The van der Waals surface area contributed by atoms with Crippen molar-refractivity contribution in [2.24, 2.45) is 5.41 Å². The van der Waals surface area contributed by atoms with Crippen LogP contribution < -0.4 is 5.32 Å². The van der Waals surface area contributed by atoms with E-state index < -0.39 is 11.4 Å². The summed E-state index contributed by atoms with van der Waals surface area (Å²) in [5, 5.41) is 13.3. The Kier molecular flexibility index (Phi) is 5.97. The van der Waals surface area contributed by atoms with Crippen LogP contribution in [-0.2, 0) is 9.59 Å². The van der Waals surface area contributed by atoms with Crippen molar-refractivity contribution in [1.29, 1.82) is 0 Å². The van der Waals surface area contributed by atoms with E-state index in [1.54, 1.807) is 0 Å². The van der Waals surface area contributed by atoms with Gasteiger partial charge in [-0.3, -0.25) is 9.59 Å². The lowest BCUT2D eigenvalue weighted by molar-refractivity contribution is -0.154. The van der Waals surface area contributed by atoms with Gasteiger partial charge in [-0.1, -0.05) is 19.3 Å². The number of hydrogen-bond acceptors (Lipinski definition) is 3. The number of thioether (sulfide) groups is 1. The maximum Gasteiger partial charge on any atom is 0.310 e. The molecule has 0 saturated heterocycles. The molecule has 0 radical (unpaired) electrons. The molecule has 2 aliphatic carbocycles. The van der Waals surface area contributed by atoms with Gasteiger partial charge in [0.25, 0.3) is 0 Å². The van der Waals surface area contributed by atoms with E-state index in [1.165, 1.54) is 0 Å². The van der Waals surface area contributed by atoms with Gasteiger partial charge in [-0.25, -0.2) is 0 Å². The van der Waals surface area contributed by atoms with Gasteiger partial charge in [0.2, 0.25) is 5.91 Å². The van der Waals surface area contributed by atoms with Crippen molar-refractivity contribution in [1.82, 2.24) is 5.32 Å². The summed E-state index contributed by atoms with van der Waals surface area (Å²) in [5.41, 5.74) is -0.807. The van der Waals surface area contributed by atoms with Gasteiger partial charge >= 0.3 is 5.97 Å². The molecule has 0 aliphatic heterocycles. The van der Waals surface area contributed by atoms with Crippen molar-refractivity contribution in [3.05, 3.63) is 0 Å². The Morgan fingerprint density at radius 1 is 1.14 bits per heavy atom. The maximum atomic E-state index is 12.3. The number of carboxylic acid groups (broad SMARTS) is 1. The zero-order valence-corrected chi connectivity index (χ0v) is 13.7. The van der Waals surface area contributed by atoms with E-state index in [0.29, 0.717) is 12.8 Å². The zero-order valence-electron chi connectivity index (χ0n) is 12.9. The van der Waals surface area contributed by atoms with E-state index in [0.717, 1.165) is 50.2 Å². The Balaban J connectivity index is 1.84. The maximum absolute atomic E-state index is 12.3. The number of nitrogens with one attached hydrogen (secondary N) is 1. The Morgan fingerprint density at radius 3 is 2.29 bits per heavy atom. The summed E-state index contributed by atoms with van der Waals surface area (Å²) in [7, 11) is 0. The summed E-state index contributed by atoms with van der Waals surface area (Å²) in [4.78, 5) is 23.9. The van der Waals surface area contributed by atoms with Crippen LogP contribution >= 0.6 is 11.8 Å². The Morgan fingerprint density at radius 2 is 1.76 bits per heavy atom. The summed E-state index contributed by atoms with van der Waals surface area (Å²) in [6, 6.07) is 0.246. The number of hydrogen-bond donors (Lipinski definition) is 2. The first kappa shape index (κ1) is 16.7. The molecule has 2 rings (SSSR count). The zero-order chi connectivity index (χ0) is 15.3. The second-order valence-corrected chi connectivity index (χ2v) is 7.74. The molecular formula is C16H27NO3S. The van der Waals surface area contributed by atoms with E-state index in [9.17, 15) is 14.7 Å². The third kappa shape index (κ3) is 4.38. The van der Waals surface area contributed by atoms with Crippen LogP contribution in [0, 0.1) is 5.41 Å². The number of carbonyl (C=O) groups is 2. The Labute approximate surface area is 131 Å². The standard InChI is InChI=1S/C16H27NO3S/c1-21-13-7-5-12(6-8-13)17-14(18)11-16(15(19)20)9-3-2-4-10-16/h12-13H,2-11H2,1H3,(H,17,18)(H,19,20). The normalized spacial score (nSPS) is 28.8. The number of rotatable bonds is 5. The highest BCUT2D eigenvalue weighted by atomic mass is 32.2. The lowest BCUT2D eigenvalue weighted by atomic mass is 9.71. The minimum atomic E-state index is -0.807. The van der Waals surface area contributed by atoms with Crippen LogP contribution in [0.3, 0.4) is 0 Å². The van der Waals surface area contributed by atoms with Crippen LogP contribution in [0.5, 0.6) is 0 Å². The van der Waals surface area contributed by atoms with Crippen molar-refractivity contribution < 1.29 is 14.7 Å². The van der Waals surface area contributed by atoms with Gasteiger partial charge in [0.15, 0.2) is 0 Å². The summed E-state index contributed by atoms with van der Waals surface area (Å²) in [5.74, 6) is -0.852. The molecule has 120 valence electrons. The first-order valence-electron chi connectivity index (χ1n) is 8.11. The average molecular weight is 313 g/mol. The fourth-order valence-corrected chi connectivity index (χ4v) is 4.47. The molecule has 0 aromatic rings. The molecule has 2 fully saturated rings. The van der Waals surface area contributed by atoms with Gasteiger partial charge in [0.05, 0.1) is 5.41 Å². The van der Waals surface area contributed by atoms with Crippen LogP contribution in [0.2, 0.25) is 0 Å². The highest BCUT2D eigenvalue weighted by Crippen LogP contribution is 2.39. The van der Waals surface area contributed by atoms with Gasteiger partial charge in [0, 0.05) is 17.7 Å². The molecule has 2 N–H and O–H groups in total. The SMILES string of the molecule is CSC1CCC(NC(=O)CC2(C(=O)O)CCCCC2)CC1. The van der Waals surface area contributed by atoms with E-state index in [1.807, 2.05) is 11.8 Å². The van der Waals surface area contributed by atoms with Gasteiger partial charge in [0.1, 0.15) is 0 Å². The molecule has 0 atom stereocenters. The van der Waals surface area contributed by atoms with Crippen molar-refractivity contribution in [3.63, 3.8) is 0 Å². The summed E-state index contributed by atoms with van der Waals surface area (Å²) < 4.78 is 0. The largest absolute Gasteiger partial charge is 0.481 e. The molecule has 2 saturated carbocycles. The summed E-state index contributed by atoms with van der Waals surface area (Å²) in [6.45, 7) is 0. The van der Waals surface area contributed by atoms with Crippen LogP contribution in [0.4, 0.5) is 0 Å². The molecule has 0 spiro atoms. The molecule has 5 heteroatoms. The molecule has 0 aromatic heterocycles. The van der Waals surface area contributed by atoms with E-state index in [-0.39, 0.29) is 18.4 Å². The van der Waals surface area contributed by atoms with E-state index in [4.69, 9.17) is 0 Å². The minimum absolute atomic E-state index is 0.0631. The second-order valence-electron chi connectivity index (χ2n) is 6.60. The average Bonchev–Trinajstić information content (AvgIpc) is 2.48. The first-order valence-corrected chi connectivity index (χ1v) is 9.40. The van der Waals surface area contributed by atoms with E-state index in [2.05, 4.69) is 11.6 Å². The number of carboxylic acids is 1. The third-order valence-corrected chi connectivity index (χ3v) is 6.27. The number of carbonyl (C=O) groups excluding carboxylic acids is 1. The van der Waals surface area contributed by atoms with E-state index >= 15 is 0 Å². The molecular weight excluding hydrogens is 286 g/mol. The van der Waals surface area contributed by atoms with Gasteiger partial charge < -0.3 is 10.4 Å². The smallest absolute Gasteiger partial charge is 0.310 e. The minimum Gasteiger partial charge on any atom is -0.481 e. The highest BCUT2D eigenvalue weighted by Gasteiger charge is 2.41. The van der Waals surface area contributed by atoms with Crippen LogP contribution in [-0.4, -0.2) is 34.5 Å². The molecule has 0 unspecified atom stereocenters. The Bertz CT molecular complexity index is 372. The van der Waals surface area contributed by atoms with Gasteiger partial charge in [-0.05, 0) is 44.8 Å². The van der Waals surface area contributed by atoms with Crippen molar-refractivity contribution >= 4 is 23.6 Å². The van der Waals surface area contributed by atoms with Gasteiger partial charge in [-0.15, -0.1) is 0 Å². The highest BCUT2D eigenvalue weighted by molar-refractivity contribution is 7.99.